The SMILES string of the molecule is COc1ccccc1NC(=O)C1=C(C)NC(SCC(=O)Nc2ccccc2C(F)(F)F)=C(C#N)[C@H]1c1ccc(C)o1. The van der Waals surface area contributed by atoms with E-state index in [1.54, 1.807) is 50.2 Å². The summed E-state index contributed by atoms with van der Waals surface area (Å²) in [6.07, 6.45) is -4.64. The number of thioether (sulfide) groups is 1. The number of allylic oxidation sites excluding steroid dienone is 2. The quantitative estimate of drug-likeness (QED) is 0.285. The molecule has 0 aliphatic carbocycles. The number of benzene rings is 2. The maximum atomic E-state index is 13.6. The molecule has 2 heterocycles. The first-order valence-electron chi connectivity index (χ1n) is 12.2. The summed E-state index contributed by atoms with van der Waals surface area (Å²) in [7, 11) is 1.48. The highest BCUT2D eigenvalue weighted by Crippen LogP contribution is 2.42. The average molecular weight is 583 g/mol. The molecule has 1 aliphatic heterocycles. The summed E-state index contributed by atoms with van der Waals surface area (Å²) < 4.78 is 51.2. The number of hydrogen-bond acceptors (Lipinski definition) is 7. The van der Waals surface area contributed by atoms with Crippen LogP contribution in [0, 0.1) is 18.3 Å². The van der Waals surface area contributed by atoms with Gasteiger partial charge in [-0.15, -0.1) is 0 Å². The fraction of sp³-hybridized carbons (Fsp3) is 0.207. The van der Waals surface area contributed by atoms with Crippen molar-refractivity contribution in [3.63, 3.8) is 0 Å². The molecule has 3 aromatic rings. The second-order valence-electron chi connectivity index (χ2n) is 8.93. The normalized spacial score (nSPS) is 15.2. The van der Waals surface area contributed by atoms with E-state index in [1.165, 1.54) is 25.3 Å². The molecular formula is C29H25F3N4O4S. The molecule has 1 aromatic heterocycles. The van der Waals surface area contributed by atoms with Crippen molar-refractivity contribution in [2.24, 2.45) is 0 Å². The van der Waals surface area contributed by atoms with Gasteiger partial charge in [0.15, 0.2) is 0 Å². The Morgan fingerprint density at radius 3 is 2.37 bits per heavy atom. The fourth-order valence-electron chi connectivity index (χ4n) is 4.32. The molecule has 0 saturated heterocycles. The van der Waals surface area contributed by atoms with Crippen LogP contribution in [0.2, 0.25) is 0 Å². The first-order chi connectivity index (χ1) is 19.5. The first kappa shape index (κ1) is 29.4. The lowest BCUT2D eigenvalue weighted by Gasteiger charge is -2.28. The summed E-state index contributed by atoms with van der Waals surface area (Å²) in [6.45, 7) is 3.37. The number of amides is 2. The van der Waals surface area contributed by atoms with Crippen molar-refractivity contribution in [1.82, 2.24) is 5.32 Å². The van der Waals surface area contributed by atoms with E-state index in [0.29, 0.717) is 28.7 Å². The monoisotopic (exact) mass is 582 g/mol. The number of carbonyl (C=O) groups is 2. The van der Waals surface area contributed by atoms with Gasteiger partial charge in [0.05, 0.1) is 58.0 Å². The van der Waals surface area contributed by atoms with Crippen LogP contribution in [-0.4, -0.2) is 24.7 Å². The number of nitrogens with one attached hydrogen (secondary N) is 3. The Balaban J connectivity index is 1.62. The Morgan fingerprint density at radius 2 is 1.73 bits per heavy atom. The lowest BCUT2D eigenvalue weighted by molar-refractivity contribution is -0.137. The zero-order chi connectivity index (χ0) is 29.7. The molecule has 8 nitrogen and oxygen atoms in total. The van der Waals surface area contributed by atoms with Crippen molar-refractivity contribution in [2.75, 3.05) is 23.5 Å². The Morgan fingerprint density at radius 1 is 1.05 bits per heavy atom. The molecule has 1 aliphatic rings. The van der Waals surface area contributed by atoms with Crippen LogP contribution < -0.4 is 20.7 Å². The molecule has 3 N–H and O–H groups in total. The van der Waals surface area contributed by atoms with E-state index in [1.807, 2.05) is 0 Å². The van der Waals surface area contributed by atoms with E-state index in [9.17, 15) is 28.0 Å². The number of dihydropyridines is 1. The molecule has 2 amide bonds. The van der Waals surface area contributed by atoms with Gasteiger partial charge in [0, 0.05) is 5.70 Å². The summed E-state index contributed by atoms with van der Waals surface area (Å²) in [4.78, 5) is 26.2. The Hall–Kier alpha value is -4.63. The van der Waals surface area contributed by atoms with Crippen LogP contribution in [-0.2, 0) is 15.8 Å². The molecule has 0 bridgehead atoms. The number of rotatable bonds is 8. The molecule has 0 fully saturated rings. The summed E-state index contributed by atoms with van der Waals surface area (Å²) in [5.41, 5.74) is -0.178. The number of nitrogens with zero attached hydrogens (tertiary/aromatic N) is 1. The predicted molar refractivity (Wildman–Crippen MR) is 149 cm³/mol. The van der Waals surface area contributed by atoms with Gasteiger partial charge < -0.3 is 25.1 Å². The Labute approximate surface area is 238 Å². The molecule has 0 radical (unpaired) electrons. The maximum Gasteiger partial charge on any atom is 0.418 e. The number of aryl methyl sites for hydroxylation is 1. The first-order valence-corrected chi connectivity index (χ1v) is 13.2. The lowest BCUT2D eigenvalue weighted by Crippen LogP contribution is -2.31. The molecule has 0 spiro atoms. The molecular weight excluding hydrogens is 557 g/mol. The summed E-state index contributed by atoms with van der Waals surface area (Å²) in [5, 5.41) is 18.6. The Kier molecular flexibility index (Phi) is 8.78. The fourth-order valence-corrected chi connectivity index (χ4v) is 5.21. The highest BCUT2D eigenvalue weighted by atomic mass is 32.2. The number of halogens is 3. The number of methoxy groups -OCH3 is 1. The number of nitriles is 1. The third-order valence-corrected chi connectivity index (χ3v) is 7.16. The smallest absolute Gasteiger partial charge is 0.418 e. The molecule has 212 valence electrons. The third-order valence-electron chi connectivity index (χ3n) is 6.15. The minimum absolute atomic E-state index is 0.114. The second-order valence-corrected chi connectivity index (χ2v) is 9.92. The number of carbonyl (C=O) groups excluding carboxylic acids is 2. The van der Waals surface area contributed by atoms with E-state index in [2.05, 4.69) is 22.0 Å². The van der Waals surface area contributed by atoms with Gasteiger partial charge in [-0.3, -0.25) is 9.59 Å². The number of furan rings is 1. The van der Waals surface area contributed by atoms with E-state index in [-0.39, 0.29) is 27.6 Å². The Bertz CT molecular complexity index is 1590. The standard InChI is InChI=1S/C29H25F3N4O4S/c1-16-12-13-23(40-16)26-18(14-33)28(41-15-24(37)35-20-9-5-4-8-19(20)29(30,31)32)34-17(2)25(26)27(38)36-21-10-6-7-11-22(21)39-3/h4-13,26,34H,15H2,1-3H3,(H,35,37)(H,36,38)/t26-/m0/s1. The number of anilines is 2. The average Bonchev–Trinajstić information content (AvgIpc) is 3.37. The molecule has 4 rings (SSSR count). The van der Waals surface area contributed by atoms with Crippen molar-refractivity contribution in [1.29, 1.82) is 5.26 Å². The van der Waals surface area contributed by atoms with E-state index >= 15 is 0 Å². The minimum Gasteiger partial charge on any atom is -0.495 e. The second kappa shape index (κ2) is 12.3. The third kappa shape index (κ3) is 6.58. The van der Waals surface area contributed by atoms with E-state index in [4.69, 9.17) is 9.15 Å². The minimum atomic E-state index is -4.64. The van der Waals surface area contributed by atoms with Gasteiger partial charge in [-0.25, -0.2) is 0 Å². The van der Waals surface area contributed by atoms with Crippen molar-refractivity contribution >= 4 is 35.0 Å². The van der Waals surface area contributed by atoms with Gasteiger partial charge in [0.25, 0.3) is 5.91 Å². The van der Waals surface area contributed by atoms with Gasteiger partial charge >= 0.3 is 6.18 Å². The topological polar surface area (TPSA) is 116 Å². The molecule has 0 saturated carbocycles. The number of ether oxygens (including phenoxy) is 1. The van der Waals surface area contributed by atoms with Gasteiger partial charge in [-0.1, -0.05) is 36.0 Å². The number of para-hydroxylation sites is 3. The van der Waals surface area contributed by atoms with Gasteiger partial charge in [-0.2, -0.15) is 18.4 Å². The zero-order valence-corrected chi connectivity index (χ0v) is 23.0. The zero-order valence-electron chi connectivity index (χ0n) is 22.2. The van der Waals surface area contributed by atoms with Gasteiger partial charge in [-0.05, 0) is 50.2 Å². The van der Waals surface area contributed by atoms with Crippen LogP contribution in [0.15, 0.2) is 87.0 Å². The molecule has 1 atom stereocenters. The van der Waals surface area contributed by atoms with Crippen LogP contribution in [0.25, 0.3) is 0 Å². The van der Waals surface area contributed by atoms with E-state index < -0.39 is 29.5 Å². The summed E-state index contributed by atoms with van der Waals surface area (Å²) >= 11 is 0.929. The van der Waals surface area contributed by atoms with Crippen LogP contribution in [0.4, 0.5) is 24.5 Å². The van der Waals surface area contributed by atoms with Gasteiger partial charge in [0.2, 0.25) is 5.91 Å². The van der Waals surface area contributed by atoms with Crippen molar-refractivity contribution in [2.45, 2.75) is 25.9 Å². The van der Waals surface area contributed by atoms with Crippen molar-refractivity contribution in [3.05, 3.63) is 99.6 Å². The molecule has 2 aromatic carbocycles. The number of alkyl halides is 3. The van der Waals surface area contributed by atoms with Crippen molar-refractivity contribution < 1.29 is 31.9 Å². The highest BCUT2D eigenvalue weighted by molar-refractivity contribution is 8.03. The molecule has 41 heavy (non-hydrogen) atoms. The highest BCUT2D eigenvalue weighted by Gasteiger charge is 2.37. The predicted octanol–water partition coefficient (Wildman–Crippen LogP) is 6.32. The van der Waals surface area contributed by atoms with Crippen LogP contribution >= 0.6 is 11.8 Å². The number of hydrogen-bond donors (Lipinski definition) is 3. The maximum absolute atomic E-state index is 13.6. The summed E-state index contributed by atoms with van der Waals surface area (Å²) in [5.74, 6) is -1.08. The van der Waals surface area contributed by atoms with Crippen molar-refractivity contribution in [3.8, 4) is 11.8 Å². The molecule has 0 unspecified atom stereocenters. The van der Waals surface area contributed by atoms with Crippen LogP contribution in [0.5, 0.6) is 5.75 Å². The summed E-state index contributed by atoms with van der Waals surface area (Å²) in [6, 6.07) is 17.0. The molecule has 12 heteroatoms. The largest absolute Gasteiger partial charge is 0.495 e. The van der Waals surface area contributed by atoms with Crippen LogP contribution in [0.3, 0.4) is 0 Å². The lowest BCUT2D eigenvalue weighted by atomic mass is 9.85. The van der Waals surface area contributed by atoms with E-state index in [0.717, 1.165) is 17.8 Å². The van der Waals surface area contributed by atoms with Gasteiger partial charge in [0.1, 0.15) is 17.3 Å². The van der Waals surface area contributed by atoms with Crippen LogP contribution in [0.1, 0.15) is 29.9 Å².